The molecule has 25 heavy (non-hydrogen) atoms. The number of carbonyl (C=O) groups excluding carboxylic acids is 1. The molecule has 0 aliphatic rings. The fraction of sp³-hybridized carbons (Fsp3) is 0.500. The van der Waals surface area contributed by atoms with Crippen molar-refractivity contribution >= 4 is 11.9 Å². The third-order valence-corrected chi connectivity index (χ3v) is 3.26. The number of ether oxygens (including phenoxy) is 1. The maximum Gasteiger partial charge on any atom is 0.573 e. The van der Waals surface area contributed by atoms with E-state index in [4.69, 9.17) is 5.11 Å². The molecule has 0 aromatic heterocycles. The van der Waals surface area contributed by atoms with Gasteiger partial charge in [-0.25, -0.2) is 0 Å². The number of carboxylic acids is 1. The van der Waals surface area contributed by atoms with Crippen molar-refractivity contribution < 1.29 is 32.6 Å². The number of alkyl halides is 3. The van der Waals surface area contributed by atoms with Crippen molar-refractivity contribution in [2.75, 3.05) is 19.6 Å². The predicted octanol–water partition coefficient (Wildman–Crippen LogP) is 2.56. The number of hydrogen-bond acceptors (Lipinski definition) is 4. The monoisotopic (exact) mass is 362 g/mol. The number of nitrogens with zero attached hydrogens (tertiary/aromatic N) is 1. The first kappa shape index (κ1) is 20.8. The van der Waals surface area contributed by atoms with Gasteiger partial charge in [0.2, 0.25) is 5.91 Å². The van der Waals surface area contributed by atoms with Crippen molar-refractivity contribution in [3.05, 3.63) is 29.8 Å². The number of nitrogens with one attached hydrogen (secondary N) is 1. The minimum absolute atomic E-state index is 0.0697. The summed E-state index contributed by atoms with van der Waals surface area (Å²) in [6.45, 7) is 3.72. The van der Waals surface area contributed by atoms with Crippen LogP contribution in [0.2, 0.25) is 0 Å². The standard InChI is InChI=1S/C16H21F3N2O4/c1-3-8-21(10-15(23)24)9-14(22)20-11(2)12-4-6-13(7-5-12)25-16(17,18)19/h4-7,11H,3,8-10H2,1-2H3,(H,20,22)(H,23,24). The topological polar surface area (TPSA) is 78.9 Å². The average molecular weight is 362 g/mol. The molecule has 0 bridgehead atoms. The number of rotatable bonds is 9. The van der Waals surface area contributed by atoms with Gasteiger partial charge in [-0.05, 0) is 37.6 Å². The van der Waals surface area contributed by atoms with E-state index in [-0.39, 0.29) is 24.7 Å². The molecule has 1 aromatic carbocycles. The molecule has 1 aromatic rings. The van der Waals surface area contributed by atoms with Crippen LogP contribution in [0.5, 0.6) is 5.75 Å². The lowest BCUT2D eigenvalue weighted by atomic mass is 10.1. The lowest BCUT2D eigenvalue weighted by molar-refractivity contribution is -0.274. The largest absolute Gasteiger partial charge is 0.573 e. The molecular weight excluding hydrogens is 341 g/mol. The first-order valence-electron chi connectivity index (χ1n) is 7.70. The Morgan fingerprint density at radius 2 is 1.84 bits per heavy atom. The maximum atomic E-state index is 12.1. The number of halogens is 3. The van der Waals surface area contributed by atoms with Gasteiger partial charge in [-0.2, -0.15) is 0 Å². The molecule has 2 N–H and O–H groups in total. The molecule has 9 heteroatoms. The van der Waals surface area contributed by atoms with Crippen LogP contribution in [-0.4, -0.2) is 47.9 Å². The van der Waals surface area contributed by atoms with Gasteiger partial charge in [0.1, 0.15) is 5.75 Å². The second-order valence-electron chi connectivity index (χ2n) is 5.51. The summed E-state index contributed by atoms with van der Waals surface area (Å²) in [6.07, 6.45) is -4.05. The van der Waals surface area contributed by atoms with Crippen molar-refractivity contribution in [1.29, 1.82) is 0 Å². The molecule has 1 rings (SSSR count). The summed E-state index contributed by atoms with van der Waals surface area (Å²) >= 11 is 0. The van der Waals surface area contributed by atoms with E-state index in [1.165, 1.54) is 29.2 Å². The van der Waals surface area contributed by atoms with Gasteiger partial charge >= 0.3 is 12.3 Å². The van der Waals surface area contributed by atoms with Crippen molar-refractivity contribution in [2.24, 2.45) is 0 Å². The molecule has 0 aliphatic heterocycles. The van der Waals surface area contributed by atoms with Gasteiger partial charge in [-0.3, -0.25) is 14.5 Å². The molecule has 6 nitrogen and oxygen atoms in total. The Hall–Kier alpha value is -2.29. The highest BCUT2D eigenvalue weighted by Gasteiger charge is 2.31. The van der Waals surface area contributed by atoms with Crippen molar-refractivity contribution in [3.63, 3.8) is 0 Å². The zero-order valence-corrected chi connectivity index (χ0v) is 14.0. The zero-order chi connectivity index (χ0) is 19.0. The van der Waals surface area contributed by atoms with E-state index in [0.717, 1.165) is 0 Å². The summed E-state index contributed by atoms with van der Waals surface area (Å²) < 4.78 is 40.1. The molecule has 0 heterocycles. The van der Waals surface area contributed by atoms with Crippen LogP contribution in [0.15, 0.2) is 24.3 Å². The second kappa shape index (κ2) is 9.26. The SMILES string of the molecule is CCCN(CC(=O)O)CC(=O)NC(C)c1ccc(OC(F)(F)F)cc1. The van der Waals surface area contributed by atoms with E-state index >= 15 is 0 Å². The molecule has 0 fully saturated rings. The fourth-order valence-corrected chi connectivity index (χ4v) is 2.25. The number of hydrogen-bond donors (Lipinski definition) is 2. The van der Waals surface area contributed by atoms with E-state index in [1.54, 1.807) is 6.92 Å². The maximum absolute atomic E-state index is 12.1. The van der Waals surface area contributed by atoms with Gasteiger partial charge in [0, 0.05) is 0 Å². The van der Waals surface area contributed by atoms with Crippen LogP contribution in [0.4, 0.5) is 13.2 Å². The van der Waals surface area contributed by atoms with Gasteiger partial charge in [0.15, 0.2) is 0 Å². The third-order valence-electron chi connectivity index (χ3n) is 3.26. The van der Waals surface area contributed by atoms with Crippen molar-refractivity contribution in [1.82, 2.24) is 10.2 Å². The molecule has 1 amide bonds. The number of carboxylic acid groups (broad SMARTS) is 1. The second-order valence-corrected chi connectivity index (χ2v) is 5.51. The predicted molar refractivity (Wildman–Crippen MR) is 84.0 cm³/mol. The number of carbonyl (C=O) groups is 2. The van der Waals surface area contributed by atoms with Gasteiger partial charge < -0.3 is 15.2 Å². The van der Waals surface area contributed by atoms with E-state index in [2.05, 4.69) is 10.1 Å². The first-order chi connectivity index (χ1) is 11.6. The summed E-state index contributed by atoms with van der Waals surface area (Å²) in [5.74, 6) is -1.72. The van der Waals surface area contributed by atoms with E-state index in [1.807, 2.05) is 6.92 Å². The highest BCUT2D eigenvalue weighted by molar-refractivity contribution is 5.79. The summed E-state index contributed by atoms with van der Waals surface area (Å²) in [5, 5.41) is 11.5. The molecule has 1 atom stereocenters. The minimum atomic E-state index is -4.76. The van der Waals surface area contributed by atoms with Crippen LogP contribution >= 0.6 is 0 Å². The van der Waals surface area contributed by atoms with Crippen molar-refractivity contribution in [2.45, 2.75) is 32.7 Å². The molecule has 0 aliphatic carbocycles. The quantitative estimate of drug-likeness (QED) is 0.706. The molecule has 0 radical (unpaired) electrons. The van der Waals surface area contributed by atoms with E-state index in [9.17, 15) is 22.8 Å². The van der Waals surface area contributed by atoms with Crippen LogP contribution in [0, 0.1) is 0 Å². The minimum Gasteiger partial charge on any atom is -0.480 e. The van der Waals surface area contributed by atoms with Crippen LogP contribution in [0.3, 0.4) is 0 Å². The van der Waals surface area contributed by atoms with E-state index in [0.29, 0.717) is 18.5 Å². The van der Waals surface area contributed by atoms with Crippen LogP contribution < -0.4 is 10.1 Å². The average Bonchev–Trinajstić information content (AvgIpc) is 2.45. The highest BCUT2D eigenvalue weighted by Crippen LogP contribution is 2.24. The van der Waals surface area contributed by atoms with Crippen LogP contribution in [0.25, 0.3) is 0 Å². The van der Waals surface area contributed by atoms with E-state index < -0.39 is 18.4 Å². The first-order valence-corrected chi connectivity index (χ1v) is 7.70. The number of aliphatic carboxylic acids is 1. The third kappa shape index (κ3) is 8.39. The normalized spacial score (nSPS) is 12.7. The fourth-order valence-electron chi connectivity index (χ4n) is 2.25. The van der Waals surface area contributed by atoms with Crippen LogP contribution in [-0.2, 0) is 9.59 Å². The summed E-state index contributed by atoms with van der Waals surface area (Å²) in [5.41, 5.74) is 0.600. The van der Waals surface area contributed by atoms with Gasteiger partial charge in [-0.15, -0.1) is 13.2 Å². The highest BCUT2D eigenvalue weighted by atomic mass is 19.4. The molecule has 0 saturated carbocycles. The Morgan fingerprint density at radius 1 is 1.24 bits per heavy atom. The lowest BCUT2D eigenvalue weighted by Gasteiger charge is -2.21. The van der Waals surface area contributed by atoms with Gasteiger partial charge in [-0.1, -0.05) is 19.1 Å². The summed E-state index contributed by atoms with van der Waals surface area (Å²) in [4.78, 5) is 24.3. The van der Waals surface area contributed by atoms with Crippen LogP contribution in [0.1, 0.15) is 31.9 Å². The number of benzene rings is 1. The molecule has 0 spiro atoms. The lowest BCUT2D eigenvalue weighted by Crippen LogP contribution is -2.40. The molecule has 140 valence electrons. The Labute approximate surface area is 143 Å². The summed E-state index contributed by atoms with van der Waals surface area (Å²) in [6, 6.07) is 4.74. The molecule has 1 unspecified atom stereocenters. The zero-order valence-electron chi connectivity index (χ0n) is 14.0. The summed E-state index contributed by atoms with van der Waals surface area (Å²) in [7, 11) is 0. The van der Waals surface area contributed by atoms with Crippen molar-refractivity contribution in [3.8, 4) is 5.75 Å². The Balaban J connectivity index is 2.60. The molecular formula is C16H21F3N2O4. The Morgan fingerprint density at radius 3 is 2.32 bits per heavy atom. The Kier molecular flexibility index (Phi) is 7.69. The number of amides is 1. The van der Waals surface area contributed by atoms with Gasteiger partial charge in [0.25, 0.3) is 0 Å². The van der Waals surface area contributed by atoms with Gasteiger partial charge in [0.05, 0.1) is 19.1 Å². The Bertz CT molecular complexity index is 576. The molecule has 0 saturated heterocycles. The smallest absolute Gasteiger partial charge is 0.480 e.